The summed E-state index contributed by atoms with van der Waals surface area (Å²) in [6.07, 6.45) is 2.69. The molecule has 1 aromatic rings. The molecule has 1 N–H and O–H groups in total. The molecule has 0 spiro atoms. The van der Waals surface area contributed by atoms with Crippen molar-refractivity contribution in [2.45, 2.75) is 26.8 Å². The van der Waals surface area contributed by atoms with E-state index in [2.05, 4.69) is 15.2 Å². The second-order valence-corrected chi connectivity index (χ2v) is 8.51. The Hall–Kier alpha value is -2.36. The number of ether oxygens (including phenoxy) is 2. The lowest BCUT2D eigenvalue weighted by Gasteiger charge is -2.27. The summed E-state index contributed by atoms with van der Waals surface area (Å²) in [5.41, 5.74) is 2.34. The lowest BCUT2D eigenvalue weighted by molar-refractivity contribution is -0.122. The first-order valence-electron chi connectivity index (χ1n) is 11.0. The zero-order chi connectivity index (χ0) is 22.9. The van der Waals surface area contributed by atoms with Gasteiger partial charge in [-0.3, -0.25) is 19.4 Å². The topological polar surface area (TPSA) is 83.5 Å². The molecule has 2 amide bonds. The standard InChI is InChI=1S/C23H32N4O4S/c1-4-8-24-21(28)16-32-23-25-19(22(29)27(23)5-2)14-17-6-7-20(30-3)18(13-17)15-26-9-11-31-12-10-26/h6-7,13-14H,4-5,8-12,15-16H2,1-3H3,(H,24,28). The van der Waals surface area contributed by atoms with Crippen LogP contribution in [0, 0.1) is 0 Å². The number of benzene rings is 1. The Kier molecular flexibility index (Phi) is 9.13. The van der Waals surface area contributed by atoms with Crippen molar-refractivity contribution in [3.05, 3.63) is 35.0 Å². The largest absolute Gasteiger partial charge is 0.496 e. The van der Waals surface area contributed by atoms with E-state index in [9.17, 15) is 9.59 Å². The molecule has 2 aliphatic heterocycles. The highest BCUT2D eigenvalue weighted by atomic mass is 32.2. The van der Waals surface area contributed by atoms with Crippen molar-refractivity contribution in [1.82, 2.24) is 15.1 Å². The number of nitrogens with zero attached hydrogens (tertiary/aromatic N) is 3. The quantitative estimate of drug-likeness (QED) is 0.570. The first-order valence-corrected chi connectivity index (χ1v) is 12.0. The molecule has 0 bridgehead atoms. The van der Waals surface area contributed by atoms with Gasteiger partial charge in [0.05, 0.1) is 26.1 Å². The molecule has 8 nitrogen and oxygen atoms in total. The Balaban J connectivity index is 1.76. The number of hydrogen-bond donors (Lipinski definition) is 1. The van der Waals surface area contributed by atoms with Gasteiger partial charge in [-0.1, -0.05) is 24.8 Å². The fourth-order valence-electron chi connectivity index (χ4n) is 3.53. The number of aliphatic imine (C=N–C) groups is 1. The number of likely N-dealkylation sites (N-methyl/N-ethyl adjacent to an activating group) is 1. The highest BCUT2D eigenvalue weighted by Crippen LogP contribution is 2.27. The Bertz CT molecular complexity index is 881. The third kappa shape index (κ3) is 6.34. The zero-order valence-corrected chi connectivity index (χ0v) is 19.9. The number of methoxy groups -OCH3 is 1. The lowest BCUT2D eigenvalue weighted by Crippen LogP contribution is -2.35. The van der Waals surface area contributed by atoms with Crippen LogP contribution in [0.5, 0.6) is 5.75 Å². The average Bonchev–Trinajstić information content (AvgIpc) is 3.11. The van der Waals surface area contributed by atoms with E-state index in [1.165, 1.54) is 11.8 Å². The van der Waals surface area contributed by atoms with Gasteiger partial charge in [0, 0.05) is 38.3 Å². The summed E-state index contributed by atoms with van der Waals surface area (Å²) in [7, 11) is 1.67. The molecule has 9 heteroatoms. The molecule has 1 aromatic carbocycles. The molecule has 3 rings (SSSR count). The summed E-state index contributed by atoms with van der Waals surface area (Å²) >= 11 is 1.29. The summed E-state index contributed by atoms with van der Waals surface area (Å²) < 4.78 is 11.0. The number of hydrogen-bond acceptors (Lipinski definition) is 7. The molecule has 174 valence electrons. The molecule has 0 radical (unpaired) electrons. The second kappa shape index (κ2) is 12.0. The molecule has 2 aliphatic rings. The number of morpholine rings is 1. The van der Waals surface area contributed by atoms with Gasteiger partial charge in [-0.2, -0.15) is 0 Å². The minimum atomic E-state index is -0.144. The molecule has 0 saturated carbocycles. The lowest BCUT2D eigenvalue weighted by atomic mass is 10.1. The van der Waals surface area contributed by atoms with Crippen LogP contribution in [0.2, 0.25) is 0 Å². The van der Waals surface area contributed by atoms with Crippen molar-refractivity contribution in [3.8, 4) is 5.75 Å². The van der Waals surface area contributed by atoms with Gasteiger partial charge in [-0.05, 0) is 37.1 Å². The number of amides is 2. The highest BCUT2D eigenvalue weighted by molar-refractivity contribution is 8.14. The monoisotopic (exact) mass is 460 g/mol. The molecule has 1 saturated heterocycles. The zero-order valence-electron chi connectivity index (χ0n) is 19.1. The number of carbonyl (C=O) groups is 2. The molecule has 1 fully saturated rings. The maximum absolute atomic E-state index is 12.9. The number of thioether (sulfide) groups is 1. The SMILES string of the molecule is CCCNC(=O)CSC1=NC(=Cc2ccc(OC)c(CN3CCOCC3)c2)C(=O)N1CC. The molecule has 2 heterocycles. The number of rotatable bonds is 9. The van der Waals surface area contributed by atoms with E-state index < -0.39 is 0 Å². The minimum absolute atomic E-state index is 0.0524. The van der Waals surface area contributed by atoms with Crippen LogP contribution >= 0.6 is 11.8 Å². The molecule has 0 unspecified atom stereocenters. The van der Waals surface area contributed by atoms with Crippen LogP contribution in [0.1, 0.15) is 31.4 Å². The van der Waals surface area contributed by atoms with Gasteiger partial charge in [0.25, 0.3) is 5.91 Å². The van der Waals surface area contributed by atoms with E-state index in [1.807, 2.05) is 32.0 Å². The van der Waals surface area contributed by atoms with Gasteiger partial charge in [0.15, 0.2) is 5.17 Å². The van der Waals surface area contributed by atoms with Crippen LogP contribution in [0.3, 0.4) is 0 Å². The van der Waals surface area contributed by atoms with Gasteiger partial charge in [-0.25, -0.2) is 4.99 Å². The van der Waals surface area contributed by atoms with Crippen molar-refractivity contribution in [1.29, 1.82) is 0 Å². The average molecular weight is 461 g/mol. The van der Waals surface area contributed by atoms with Crippen molar-refractivity contribution in [2.24, 2.45) is 4.99 Å². The predicted molar refractivity (Wildman–Crippen MR) is 128 cm³/mol. The molecular weight excluding hydrogens is 428 g/mol. The first kappa shape index (κ1) is 24.3. The van der Waals surface area contributed by atoms with E-state index >= 15 is 0 Å². The highest BCUT2D eigenvalue weighted by Gasteiger charge is 2.29. The number of nitrogens with one attached hydrogen (secondary N) is 1. The molecular formula is C23H32N4O4S. The summed E-state index contributed by atoms with van der Waals surface area (Å²) in [5, 5.41) is 3.41. The van der Waals surface area contributed by atoms with Gasteiger partial charge in [-0.15, -0.1) is 0 Å². The number of amidine groups is 1. The third-order valence-electron chi connectivity index (χ3n) is 5.24. The first-order chi connectivity index (χ1) is 15.5. The molecule has 0 aromatic heterocycles. The van der Waals surface area contributed by atoms with Crippen molar-refractivity contribution in [2.75, 3.05) is 52.3 Å². The maximum Gasteiger partial charge on any atom is 0.278 e. The molecule has 0 atom stereocenters. The van der Waals surface area contributed by atoms with Crippen molar-refractivity contribution < 1.29 is 19.1 Å². The predicted octanol–water partition coefficient (Wildman–Crippen LogP) is 2.35. The van der Waals surface area contributed by atoms with Crippen molar-refractivity contribution in [3.63, 3.8) is 0 Å². The van der Waals surface area contributed by atoms with Crippen molar-refractivity contribution >= 4 is 34.8 Å². The van der Waals surface area contributed by atoms with Gasteiger partial charge in [0.2, 0.25) is 5.91 Å². The van der Waals surface area contributed by atoms with E-state index in [4.69, 9.17) is 9.47 Å². The van der Waals surface area contributed by atoms with Crippen LogP contribution in [0.4, 0.5) is 0 Å². The smallest absolute Gasteiger partial charge is 0.278 e. The van der Waals surface area contributed by atoms with Crippen LogP contribution in [0.15, 0.2) is 28.9 Å². The van der Waals surface area contributed by atoms with E-state index in [1.54, 1.807) is 18.1 Å². The number of carbonyl (C=O) groups excluding carboxylic acids is 2. The van der Waals surface area contributed by atoms with E-state index in [0.29, 0.717) is 24.0 Å². The molecule has 0 aliphatic carbocycles. The molecule has 32 heavy (non-hydrogen) atoms. The fraction of sp³-hybridized carbons (Fsp3) is 0.522. The van der Waals surface area contributed by atoms with Gasteiger partial charge >= 0.3 is 0 Å². The summed E-state index contributed by atoms with van der Waals surface area (Å²) in [4.78, 5) is 33.3. The van der Waals surface area contributed by atoms with Crippen LogP contribution < -0.4 is 10.1 Å². The van der Waals surface area contributed by atoms with E-state index in [-0.39, 0.29) is 17.6 Å². The summed E-state index contributed by atoms with van der Waals surface area (Å²) in [6.45, 7) is 9.07. The van der Waals surface area contributed by atoms with Crippen LogP contribution in [-0.4, -0.2) is 79.0 Å². The van der Waals surface area contributed by atoms with Crippen LogP contribution in [0.25, 0.3) is 6.08 Å². The Morgan fingerprint density at radius 2 is 2.09 bits per heavy atom. The summed E-state index contributed by atoms with van der Waals surface area (Å²) in [6, 6.07) is 5.90. The third-order valence-corrected chi connectivity index (χ3v) is 6.21. The van der Waals surface area contributed by atoms with Gasteiger partial charge < -0.3 is 14.8 Å². The summed E-state index contributed by atoms with van der Waals surface area (Å²) in [5.74, 6) is 0.865. The Labute approximate surface area is 194 Å². The van der Waals surface area contributed by atoms with E-state index in [0.717, 1.165) is 56.1 Å². The second-order valence-electron chi connectivity index (χ2n) is 7.57. The minimum Gasteiger partial charge on any atom is -0.496 e. The maximum atomic E-state index is 12.9. The van der Waals surface area contributed by atoms with Gasteiger partial charge in [0.1, 0.15) is 11.4 Å². The normalized spacial score (nSPS) is 18.2. The Morgan fingerprint density at radius 3 is 2.78 bits per heavy atom. The fourth-order valence-corrected chi connectivity index (χ4v) is 4.43. The van der Waals surface area contributed by atoms with Crippen LogP contribution in [-0.2, 0) is 20.9 Å². The Morgan fingerprint density at radius 1 is 1.31 bits per heavy atom.